The summed E-state index contributed by atoms with van der Waals surface area (Å²) in [6.45, 7) is -0.337. The second-order valence-corrected chi connectivity index (χ2v) is 4.43. The highest BCUT2D eigenvalue weighted by atomic mass is 35.5. The van der Waals surface area contributed by atoms with Crippen molar-refractivity contribution in [2.24, 2.45) is 0 Å². The number of esters is 1. The van der Waals surface area contributed by atoms with Gasteiger partial charge >= 0.3 is 5.97 Å². The molecule has 0 fully saturated rings. The minimum atomic E-state index is -0.565. The van der Waals surface area contributed by atoms with E-state index in [1.165, 1.54) is 0 Å². The molecule has 0 heterocycles. The van der Waals surface area contributed by atoms with Gasteiger partial charge in [-0.2, -0.15) is 0 Å². The van der Waals surface area contributed by atoms with Gasteiger partial charge in [-0.25, -0.2) is 4.79 Å². The van der Waals surface area contributed by atoms with Crippen molar-refractivity contribution in [3.63, 3.8) is 0 Å². The van der Waals surface area contributed by atoms with E-state index in [0.717, 1.165) is 0 Å². The summed E-state index contributed by atoms with van der Waals surface area (Å²) < 4.78 is 4.91. The molecule has 0 bridgehead atoms. The molecule has 1 amide bonds. The van der Waals surface area contributed by atoms with E-state index in [-0.39, 0.29) is 6.61 Å². The molecular weight excluding hydrogens is 278 g/mol. The molecule has 5 heteroatoms. The van der Waals surface area contributed by atoms with Crippen LogP contribution in [0.3, 0.4) is 0 Å². The van der Waals surface area contributed by atoms with E-state index >= 15 is 0 Å². The summed E-state index contributed by atoms with van der Waals surface area (Å²) in [5, 5.41) is 3.15. The quantitative estimate of drug-likeness (QED) is 0.880. The maximum Gasteiger partial charge on any atom is 0.338 e. The lowest BCUT2D eigenvalue weighted by molar-refractivity contribution is -0.119. The smallest absolute Gasteiger partial charge is 0.338 e. The van der Waals surface area contributed by atoms with Crippen molar-refractivity contribution in [1.82, 2.24) is 0 Å². The Morgan fingerprint density at radius 3 is 2.30 bits per heavy atom. The molecule has 0 radical (unpaired) electrons. The molecular formula is C15H12ClNO3. The van der Waals surface area contributed by atoms with Gasteiger partial charge in [0.2, 0.25) is 0 Å². The fourth-order valence-electron chi connectivity index (χ4n) is 1.52. The molecule has 0 saturated carbocycles. The summed E-state index contributed by atoms with van der Waals surface area (Å²) >= 11 is 5.72. The summed E-state index contributed by atoms with van der Waals surface area (Å²) in [5.74, 6) is -0.955. The van der Waals surface area contributed by atoms with Crippen LogP contribution in [-0.4, -0.2) is 18.5 Å². The third kappa shape index (κ3) is 4.10. The first-order valence-electron chi connectivity index (χ1n) is 5.93. The van der Waals surface area contributed by atoms with Crippen molar-refractivity contribution >= 4 is 29.2 Å². The van der Waals surface area contributed by atoms with Gasteiger partial charge in [0.1, 0.15) is 0 Å². The number of benzene rings is 2. The zero-order valence-electron chi connectivity index (χ0n) is 10.5. The van der Waals surface area contributed by atoms with E-state index in [1.54, 1.807) is 48.5 Å². The monoisotopic (exact) mass is 289 g/mol. The number of carbonyl (C=O) groups is 2. The number of carbonyl (C=O) groups excluding carboxylic acids is 2. The number of rotatable bonds is 4. The normalized spacial score (nSPS) is 9.85. The van der Waals surface area contributed by atoms with Gasteiger partial charge in [0, 0.05) is 10.7 Å². The SMILES string of the molecule is O=C(COC(=O)c1ccc(Cl)cc1)Nc1ccccc1. The Bertz CT molecular complexity index is 596. The van der Waals surface area contributed by atoms with Crippen molar-refractivity contribution in [1.29, 1.82) is 0 Å². The third-order valence-corrected chi connectivity index (χ3v) is 2.72. The molecule has 0 saturated heterocycles. The minimum absolute atomic E-state index is 0.337. The van der Waals surface area contributed by atoms with Gasteiger partial charge in [0.15, 0.2) is 6.61 Å². The topological polar surface area (TPSA) is 55.4 Å². The number of hydrogen-bond acceptors (Lipinski definition) is 3. The van der Waals surface area contributed by atoms with Crippen LogP contribution in [0, 0.1) is 0 Å². The molecule has 2 rings (SSSR count). The average molecular weight is 290 g/mol. The second-order valence-electron chi connectivity index (χ2n) is 4.00. The van der Waals surface area contributed by atoms with Gasteiger partial charge in [-0.15, -0.1) is 0 Å². The molecule has 20 heavy (non-hydrogen) atoms. The number of hydrogen-bond donors (Lipinski definition) is 1. The lowest BCUT2D eigenvalue weighted by Gasteiger charge is -2.06. The van der Waals surface area contributed by atoms with Crippen molar-refractivity contribution in [2.75, 3.05) is 11.9 Å². The van der Waals surface area contributed by atoms with Crippen LogP contribution in [0.5, 0.6) is 0 Å². The van der Waals surface area contributed by atoms with Gasteiger partial charge in [-0.3, -0.25) is 4.79 Å². The largest absolute Gasteiger partial charge is 0.452 e. The molecule has 0 aliphatic heterocycles. The van der Waals surface area contributed by atoms with Gasteiger partial charge in [0.25, 0.3) is 5.91 Å². The van der Waals surface area contributed by atoms with Crippen LogP contribution in [0.15, 0.2) is 54.6 Å². The van der Waals surface area contributed by atoms with Crippen LogP contribution >= 0.6 is 11.6 Å². The van der Waals surface area contributed by atoms with E-state index in [4.69, 9.17) is 16.3 Å². The number of halogens is 1. The van der Waals surface area contributed by atoms with Crippen molar-refractivity contribution in [3.05, 3.63) is 65.2 Å². The summed E-state index contributed by atoms with van der Waals surface area (Å²) in [6.07, 6.45) is 0. The van der Waals surface area contributed by atoms with Crippen LogP contribution in [0.4, 0.5) is 5.69 Å². The van der Waals surface area contributed by atoms with Crippen LogP contribution in [0.25, 0.3) is 0 Å². The molecule has 0 unspecified atom stereocenters. The Kier molecular flexibility index (Phi) is 4.74. The zero-order chi connectivity index (χ0) is 14.4. The molecule has 2 aromatic rings. The van der Waals surface area contributed by atoms with Crippen LogP contribution in [0.1, 0.15) is 10.4 Å². The average Bonchev–Trinajstić information content (AvgIpc) is 2.46. The molecule has 0 aliphatic rings. The molecule has 102 valence electrons. The fraction of sp³-hybridized carbons (Fsp3) is 0.0667. The van der Waals surface area contributed by atoms with Crippen molar-refractivity contribution in [2.45, 2.75) is 0 Å². The van der Waals surface area contributed by atoms with Crippen LogP contribution in [-0.2, 0) is 9.53 Å². The van der Waals surface area contributed by atoms with Gasteiger partial charge < -0.3 is 10.1 Å². The van der Waals surface area contributed by atoms with E-state index in [9.17, 15) is 9.59 Å². The molecule has 0 aliphatic carbocycles. The minimum Gasteiger partial charge on any atom is -0.452 e. The standard InChI is InChI=1S/C15H12ClNO3/c16-12-8-6-11(7-9-12)15(19)20-10-14(18)17-13-4-2-1-3-5-13/h1-9H,10H2,(H,17,18). The lowest BCUT2D eigenvalue weighted by atomic mass is 10.2. The number of ether oxygens (including phenoxy) is 1. The van der Waals surface area contributed by atoms with E-state index in [1.807, 2.05) is 6.07 Å². The first-order chi connectivity index (χ1) is 9.65. The fourth-order valence-corrected chi connectivity index (χ4v) is 1.64. The highest BCUT2D eigenvalue weighted by Gasteiger charge is 2.10. The Morgan fingerprint density at radius 1 is 1.00 bits per heavy atom. The first-order valence-corrected chi connectivity index (χ1v) is 6.30. The Balaban J connectivity index is 1.84. The predicted octanol–water partition coefficient (Wildman–Crippen LogP) is 3.14. The van der Waals surface area contributed by atoms with Crippen LogP contribution in [0.2, 0.25) is 5.02 Å². The maximum atomic E-state index is 11.7. The number of nitrogens with one attached hydrogen (secondary N) is 1. The van der Waals surface area contributed by atoms with Crippen molar-refractivity contribution in [3.8, 4) is 0 Å². The lowest BCUT2D eigenvalue weighted by Crippen LogP contribution is -2.20. The molecule has 0 spiro atoms. The Morgan fingerprint density at radius 2 is 1.65 bits per heavy atom. The Hall–Kier alpha value is -2.33. The van der Waals surface area contributed by atoms with E-state index in [2.05, 4.69) is 5.32 Å². The maximum absolute atomic E-state index is 11.7. The summed E-state index contributed by atoms with van der Waals surface area (Å²) in [5.41, 5.74) is 1.00. The molecule has 2 aromatic carbocycles. The molecule has 0 aromatic heterocycles. The number of anilines is 1. The molecule has 4 nitrogen and oxygen atoms in total. The number of para-hydroxylation sites is 1. The highest BCUT2D eigenvalue weighted by Crippen LogP contribution is 2.10. The van der Waals surface area contributed by atoms with Crippen molar-refractivity contribution < 1.29 is 14.3 Å². The van der Waals surface area contributed by atoms with Gasteiger partial charge in [0.05, 0.1) is 5.56 Å². The summed E-state index contributed by atoms with van der Waals surface area (Å²) in [6, 6.07) is 15.2. The Labute approximate surface area is 121 Å². The number of amides is 1. The summed E-state index contributed by atoms with van der Waals surface area (Å²) in [7, 11) is 0. The predicted molar refractivity (Wildman–Crippen MR) is 76.8 cm³/mol. The molecule has 1 N–H and O–H groups in total. The first kappa shape index (κ1) is 14.1. The zero-order valence-corrected chi connectivity index (χ0v) is 11.3. The molecule has 0 atom stereocenters. The third-order valence-electron chi connectivity index (χ3n) is 2.47. The van der Waals surface area contributed by atoms with Gasteiger partial charge in [-0.05, 0) is 36.4 Å². The van der Waals surface area contributed by atoms with Gasteiger partial charge in [-0.1, -0.05) is 29.8 Å². The summed E-state index contributed by atoms with van der Waals surface area (Å²) in [4.78, 5) is 23.3. The highest BCUT2D eigenvalue weighted by molar-refractivity contribution is 6.30. The second kappa shape index (κ2) is 6.73. The van der Waals surface area contributed by atoms with Crippen LogP contribution < -0.4 is 5.32 Å². The van der Waals surface area contributed by atoms with E-state index < -0.39 is 11.9 Å². The van der Waals surface area contributed by atoms with E-state index in [0.29, 0.717) is 16.3 Å².